The second-order valence-electron chi connectivity index (χ2n) is 10.3. The molecule has 2 aromatic carbocycles. The van der Waals surface area contributed by atoms with Gasteiger partial charge in [0.25, 0.3) is 0 Å². The van der Waals surface area contributed by atoms with Crippen LogP contribution in [0.15, 0.2) is 30.6 Å². The van der Waals surface area contributed by atoms with Gasteiger partial charge in [-0.2, -0.15) is 9.97 Å². The van der Waals surface area contributed by atoms with Gasteiger partial charge in [-0.15, -0.1) is 0 Å². The maximum atomic E-state index is 16.6. The molecule has 2 aliphatic heterocycles. The number of nitrogens with one attached hydrogen (secondary N) is 1. The summed E-state index contributed by atoms with van der Waals surface area (Å²) in [5, 5.41) is 4.40. The highest BCUT2D eigenvalue weighted by Crippen LogP contribution is 2.43. The third kappa shape index (κ3) is 4.13. The number of hydrogen-bond donors (Lipinski definition) is 2. The fraction of sp³-hybridized carbons (Fsp3) is 0.333. The van der Waals surface area contributed by atoms with Crippen molar-refractivity contribution in [2.75, 3.05) is 23.7 Å². The number of rotatable bonds is 5. The lowest BCUT2D eigenvalue weighted by Gasteiger charge is -2.34. The minimum absolute atomic E-state index is 0.0261. The van der Waals surface area contributed by atoms with Crippen molar-refractivity contribution in [3.8, 4) is 17.1 Å². The molecule has 3 aromatic heterocycles. The van der Waals surface area contributed by atoms with E-state index in [4.69, 9.17) is 27.1 Å². The fourth-order valence-corrected chi connectivity index (χ4v) is 6.90. The Morgan fingerprint density at radius 3 is 2.65 bits per heavy atom. The summed E-state index contributed by atoms with van der Waals surface area (Å²) in [6.45, 7) is 3.27. The molecule has 3 atom stereocenters. The molecule has 0 radical (unpaired) electrons. The molecule has 40 heavy (non-hydrogen) atoms. The van der Waals surface area contributed by atoms with Gasteiger partial charge in [-0.25, -0.2) is 18.7 Å². The van der Waals surface area contributed by atoms with Gasteiger partial charge in [0, 0.05) is 61.1 Å². The molecule has 3 unspecified atom stereocenters. The Hall–Kier alpha value is -3.61. The number of nitrogen functional groups attached to an aromatic ring is 1. The second kappa shape index (κ2) is 9.50. The van der Waals surface area contributed by atoms with E-state index in [9.17, 15) is 4.39 Å². The Kier molecular flexibility index (Phi) is 6.02. The number of aryl methyl sites for hydroxylation is 1. The number of ether oxygens (including phenoxy) is 1. The number of anilines is 2. The zero-order chi connectivity index (χ0) is 27.7. The number of thiazole rings is 1. The Morgan fingerprint density at radius 2 is 1.93 bits per heavy atom. The molecule has 5 aromatic rings. The molecular formula is C27H25ClF2N8OS. The smallest absolute Gasteiger partial charge is 0.319 e. The van der Waals surface area contributed by atoms with E-state index in [1.807, 2.05) is 24.7 Å². The SMILES string of the molecule is CC(Oc1nc(N2CC3CCC(C2)N3)c2cc(Cl)c(-c3ccc(F)c4sc(N)nc34)c(F)c2n1)c1nccn1C. The van der Waals surface area contributed by atoms with E-state index < -0.39 is 17.7 Å². The van der Waals surface area contributed by atoms with E-state index in [1.165, 1.54) is 12.1 Å². The number of piperazine rings is 1. The number of aromatic nitrogens is 5. The van der Waals surface area contributed by atoms with Crippen LogP contribution in [0.25, 0.3) is 32.2 Å². The average Bonchev–Trinajstić information content (AvgIpc) is 3.63. The predicted octanol–water partition coefficient (Wildman–Crippen LogP) is 5.23. The molecule has 0 saturated carbocycles. The first kappa shape index (κ1) is 25.4. The molecule has 0 amide bonds. The zero-order valence-electron chi connectivity index (χ0n) is 21.7. The Morgan fingerprint density at radius 1 is 1.15 bits per heavy atom. The zero-order valence-corrected chi connectivity index (χ0v) is 23.2. The maximum absolute atomic E-state index is 16.6. The topological polar surface area (TPSA) is 107 Å². The molecule has 3 N–H and O–H groups in total. The molecule has 5 heterocycles. The lowest BCUT2D eigenvalue weighted by atomic mass is 10.0. The van der Waals surface area contributed by atoms with Gasteiger partial charge < -0.3 is 25.3 Å². The number of halogens is 3. The molecular weight excluding hydrogens is 558 g/mol. The summed E-state index contributed by atoms with van der Waals surface area (Å²) in [4.78, 5) is 20.1. The van der Waals surface area contributed by atoms with Crippen LogP contribution in [0.1, 0.15) is 31.7 Å². The van der Waals surface area contributed by atoms with Gasteiger partial charge in [-0.1, -0.05) is 22.9 Å². The summed E-state index contributed by atoms with van der Waals surface area (Å²) < 4.78 is 39.3. The van der Waals surface area contributed by atoms with Gasteiger partial charge >= 0.3 is 6.01 Å². The highest BCUT2D eigenvalue weighted by molar-refractivity contribution is 7.22. The fourth-order valence-electron chi connectivity index (χ4n) is 5.84. The molecule has 7 rings (SSSR count). The number of imidazole rings is 1. The largest absolute Gasteiger partial charge is 0.452 e. The van der Waals surface area contributed by atoms with Crippen LogP contribution >= 0.6 is 22.9 Å². The third-order valence-corrected chi connectivity index (χ3v) is 8.84. The van der Waals surface area contributed by atoms with Gasteiger partial charge in [0.1, 0.15) is 23.0 Å². The molecule has 0 aliphatic carbocycles. The molecule has 2 aliphatic rings. The van der Waals surface area contributed by atoms with Gasteiger partial charge in [0.2, 0.25) is 0 Å². The van der Waals surface area contributed by atoms with E-state index in [-0.39, 0.29) is 37.5 Å². The number of fused-ring (bicyclic) bond motifs is 4. The highest BCUT2D eigenvalue weighted by Gasteiger charge is 2.34. The van der Waals surface area contributed by atoms with Crippen molar-refractivity contribution in [1.82, 2.24) is 29.8 Å². The van der Waals surface area contributed by atoms with E-state index in [0.717, 1.165) is 24.2 Å². The maximum Gasteiger partial charge on any atom is 0.319 e. The summed E-state index contributed by atoms with van der Waals surface area (Å²) in [7, 11) is 1.87. The van der Waals surface area contributed by atoms with E-state index in [2.05, 4.69) is 25.2 Å². The lowest BCUT2D eigenvalue weighted by molar-refractivity contribution is 0.195. The minimum atomic E-state index is -0.668. The standard InChI is InChI=1S/C27H25ClF2N8OS/c1-12(24-32-7-8-37(24)2)39-27-35-21-16(25(36-27)38-10-13-3-4-14(11-38)33-13)9-17(28)19(20(21)30)15-5-6-18(29)23-22(15)34-26(31)40-23/h5-9,12-14,33H,3-4,10-11H2,1-2H3,(H2,31,34). The van der Waals surface area contributed by atoms with Gasteiger partial charge in [0.15, 0.2) is 17.1 Å². The summed E-state index contributed by atoms with van der Waals surface area (Å²) in [5.41, 5.74) is 6.58. The predicted molar refractivity (Wildman–Crippen MR) is 152 cm³/mol. The highest BCUT2D eigenvalue weighted by atomic mass is 35.5. The number of nitrogens with two attached hydrogens (primary N) is 1. The Balaban J connectivity index is 1.42. The van der Waals surface area contributed by atoms with Crippen molar-refractivity contribution in [3.63, 3.8) is 0 Å². The van der Waals surface area contributed by atoms with Crippen molar-refractivity contribution in [1.29, 1.82) is 0 Å². The van der Waals surface area contributed by atoms with Crippen molar-refractivity contribution in [2.45, 2.75) is 38.0 Å². The number of benzene rings is 2. The van der Waals surface area contributed by atoms with Crippen LogP contribution in [-0.4, -0.2) is 49.7 Å². The minimum Gasteiger partial charge on any atom is -0.452 e. The molecule has 2 fully saturated rings. The van der Waals surface area contributed by atoms with Crippen LogP contribution in [0.2, 0.25) is 5.02 Å². The summed E-state index contributed by atoms with van der Waals surface area (Å²) in [5.74, 6) is 0.0814. The molecule has 2 saturated heterocycles. The van der Waals surface area contributed by atoms with Gasteiger partial charge in [-0.05, 0) is 38.0 Å². The molecule has 0 spiro atoms. The third-order valence-electron chi connectivity index (χ3n) is 7.64. The number of hydrogen-bond acceptors (Lipinski definition) is 9. The molecule has 9 nitrogen and oxygen atoms in total. The van der Waals surface area contributed by atoms with Crippen LogP contribution in [0.3, 0.4) is 0 Å². The second-order valence-corrected chi connectivity index (χ2v) is 11.7. The van der Waals surface area contributed by atoms with Crippen molar-refractivity contribution >= 4 is 55.0 Å². The van der Waals surface area contributed by atoms with Crippen LogP contribution in [0.4, 0.5) is 19.7 Å². The van der Waals surface area contributed by atoms with E-state index in [1.54, 1.807) is 12.3 Å². The van der Waals surface area contributed by atoms with Crippen LogP contribution in [-0.2, 0) is 7.05 Å². The molecule has 13 heteroatoms. The van der Waals surface area contributed by atoms with Crippen molar-refractivity contribution in [3.05, 3.63) is 53.1 Å². The number of nitrogens with zero attached hydrogens (tertiary/aromatic N) is 6. The van der Waals surface area contributed by atoms with Crippen molar-refractivity contribution in [2.24, 2.45) is 7.05 Å². The van der Waals surface area contributed by atoms with E-state index >= 15 is 4.39 Å². The van der Waals surface area contributed by atoms with Gasteiger partial charge in [0.05, 0.1) is 15.2 Å². The first-order valence-electron chi connectivity index (χ1n) is 13.0. The van der Waals surface area contributed by atoms with Crippen LogP contribution < -0.4 is 20.7 Å². The monoisotopic (exact) mass is 582 g/mol. The quantitative estimate of drug-likeness (QED) is 0.290. The normalized spacial score (nSPS) is 19.6. The Labute approximate surface area is 237 Å². The summed E-state index contributed by atoms with van der Waals surface area (Å²) in [6, 6.07) is 5.07. The molecule has 2 bridgehead atoms. The first-order chi connectivity index (χ1) is 19.3. The lowest BCUT2D eigenvalue weighted by Crippen LogP contribution is -2.51. The molecule has 206 valence electrons. The average molecular weight is 583 g/mol. The van der Waals surface area contributed by atoms with Crippen LogP contribution in [0.5, 0.6) is 6.01 Å². The Bertz CT molecular complexity index is 1780. The summed E-state index contributed by atoms with van der Waals surface area (Å²) >= 11 is 7.76. The van der Waals surface area contributed by atoms with E-state index in [0.29, 0.717) is 47.8 Å². The van der Waals surface area contributed by atoms with Crippen LogP contribution in [0, 0.1) is 11.6 Å². The van der Waals surface area contributed by atoms with Crippen molar-refractivity contribution < 1.29 is 13.5 Å². The van der Waals surface area contributed by atoms with Gasteiger partial charge in [-0.3, -0.25) is 0 Å². The summed E-state index contributed by atoms with van der Waals surface area (Å²) in [6.07, 6.45) is 5.15. The first-order valence-corrected chi connectivity index (χ1v) is 14.2.